The van der Waals surface area contributed by atoms with E-state index in [0.717, 1.165) is 11.3 Å². The first-order valence-corrected chi connectivity index (χ1v) is 12.7. The van der Waals surface area contributed by atoms with E-state index in [-0.39, 0.29) is 22.0 Å². The number of esters is 1. The minimum atomic E-state index is -3.87. The fraction of sp³-hybridized carbons (Fsp3) is 0.182. The zero-order valence-corrected chi connectivity index (χ0v) is 20.3. The second-order valence-corrected chi connectivity index (χ2v) is 10.1. The van der Waals surface area contributed by atoms with Gasteiger partial charge in [0.05, 0.1) is 16.0 Å². The molecule has 35 heavy (non-hydrogen) atoms. The number of sulfonamides is 1. The number of carbonyl (C=O) groups excluding carboxylic acids is 2. The van der Waals surface area contributed by atoms with Crippen LogP contribution in [-0.4, -0.2) is 46.6 Å². The summed E-state index contributed by atoms with van der Waals surface area (Å²) in [6, 6.07) is 10.5. The van der Waals surface area contributed by atoms with E-state index in [9.17, 15) is 18.0 Å². The summed E-state index contributed by atoms with van der Waals surface area (Å²) in [7, 11) is -3.87. The lowest BCUT2D eigenvalue weighted by atomic mass is 10.1. The third-order valence-electron chi connectivity index (χ3n) is 4.81. The Morgan fingerprint density at radius 3 is 2.49 bits per heavy atom. The van der Waals surface area contributed by atoms with Crippen LogP contribution < -0.4 is 10.0 Å². The molecular formula is C22H20N6O5S2. The normalized spacial score (nSPS) is 12.2. The van der Waals surface area contributed by atoms with Gasteiger partial charge in [0.15, 0.2) is 6.10 Å². The van der Waals surface area contributed by atoms with Crippen LogP contribution in [-0.2, 0) is 19.6 Å². The highest BCUT2D eigenvalue weighted by Crippen LogP contribution is 2.21. The van der Waals surface area contributed by atoms with Crippen molar-refractivity contribution in [2.24, 2.45) is 0 Å². The summed E-state index contributed by atoms with van der Waals surface area (Å²) in [4.78, 5) is 33.8. The quantitative estimate of drug-likeness (QED) is 0.339. The molecule has 0 saturated carbocycles. The van der Waals surface area contributed by atoms with Gasteiger partial charge in [0.25, 0.3) is 15.9 Å². The molecule has 11 nitrogen and oxygen atoms in total. The zero-order chi connectivity index (χ0) is 25.0. The molecule has 0 bridgehead atoms. The Hall–Kier alpha value is -3.97. The van der Waals surface area contributed by atoms with Crippen molar-refractivity contribution in [2.45, 2.75) is 31.3 Å². The third kappa shape index (κ3) is 5.58. The molecule has 0 radical (unpaired) electrons. The summed E-state index contributed by atoms with van der Waals surface area (Å²) in [6.07, 6.45) is 2.15. The number of aromatic nitrogens is 4. The van der Waals surface area contributed by atoms with Gasteiger partial charge in [-0.3, -0.25) is 19.5 Å². The lowest BCUT2D eigenvalue weighted by Gasteiger charge is -2.16. The largest absolute Gasteiger partial charge is 0.449 e. The second kappa shape index (κ2) is 10.1. The molecule has 1 amide bonds. The van der Waals surface area contributed by atoms with Crippen molar-refractivity contribution in [3.8, 4) is 0 Å². The van der Waals surface area contributed by atoms with Crippen LogP contribution >= 0.6 is 11.3 Å². The van der Waals surface area contributed by atoms with Gasteiger partial charge in [-0.15, -0.1) is 10.2 Å². The Balaban J connectivity index is 1.43. The lowest BCUT2D eigenvalue weighted by molar-refractivity contribution is -0.124. The smallest absolute Gasteiger partial charge is 0.341 e. The van der Waals surface area contributed by atoms with Gasteiger partial charge >= 0.3 is 5.97 Å². The van der Waals surface area contributed by atoms with Crippen molar-refractivity contribution in [3.63, 3.8) is 0 Å². The molecule has 4 rings (SSSR count). The summed E-state index contributed by atoms with van der Waals surface area (Å²) in [5, 5.41) is 10.9. The van der Waals surface area contributed by atoms with E-state index in [4.69, 9.17) is 4.74 Å². The van der Waals surface area contributed by atoms with Crippen LogP contribution in [0.3, 0.4) is 0 Å². The minimum absolute atomic E-state index is 0.0149. The summed E-state index contributed by atoms with van der Waals surface area (Å²) < 4.78 is 32.8. The number of nitrogens with one attached hydrogen (secondary N) is 2. The molecule has 0 aliphatic carbocycles. The maximum absolute atomic E-state index is 12.7. The van der Waals surface area contributed by atoms with Crippen LogP contribution in [0, 0.1) is 6.92 Å². The average Bonchev–Trinajstić information content (AvgIpc) is 3.25. The van der Waals surface area contributed by atoms with E-state index >= 15 is 0 Å². The summed E-state index contributed by atoms with van der Waals surface area (Å²) in [6.45, 7) is 3.42. The Morgan fingerprint density at radius 1 is 1.06 bits per heavy atom. The number of amides is 1. The molecular weight excluding hydrogens is 492 g/mol. The van der Waals surface area contributed by atoms with Crippen LogP contribution in [0.5, 0.6) is 0 Å². The zero-order valence-electron chi connectivity index (χ0n) is 18.6. The van der Waals surface area contributed by atoms with Crippen molar-refractivity contribution in [3.05, 3.63) is 65.4 Å². The van der Waals surface area contributed by atoms with Gasteiger partial charge in [-0.1, -0.05) is 24.3 Å². The molecule has 2 heterocycles. The number of rotatable bonds is 8. The second-order valence-electron chi connectivity index (χ2n) is 7.28. The number of carbonyl (C=O) groups is 2. The molecule has 4 aromatic rings. The van der Waals surface area contributed by atoms with Crippen LogP contribution in [0.4, 0.5) is 10.8 Å². The highest BCUT2D eigenvalue weighted by atomic mass is 32.2. The van der Waals surface area contributed by atoms with Gasteiger partial charge < -0.3 is 10.1 Å². The topological polar surface area (TPSA) is 153 Å². The van der Waals surface area contributed by atoms with Crippen molar-refractivity contribution in [1.29, 1.82) is 0 Å². The first-order valence-electron chi connectivity index (χ1n) is 10.4. The van der Waals surface area contributed by atoms with E-state index < -0.39 is 28.0 Å². The number of hydrogen-bond donors (Lipinski definition) is 2. The van der Waals surface area contributed by atoms with Gasteiger partial charge in [-0.25, -0.2) is 13.2 Å². The monoisotopic (exact) mass is 512 g/mol. The number of nitrogens with zero attached hydrogens (tertiary/aromatic N) is 4. The third-order valence-corrected chi connectivity index (χ3v) is 7.05. The molecule has 2 aromatic heterocycles. The lowest BCUT2D eigenvalue weighted by Crippen LogP contribution is -2.32. The predicted octanol–water partition coefficient (Wildman–Crippen LogP) is 3.16. The Kier molecular flexibility index (Phi) is 6.98. The molecule has 2 N–H and O–H groups in total. The Labute approximate surface area is 204 Å². The van der Waals surface area contributed by atoms with E-state index in [0.29, 0.717) is 21.7 Å². The van der Waals surface area contributed by atoms with Gasteiger partial charge in [-0.05, 0) is 49.7 Å². The Morgan fingerprint density at radius 2 is 1.80 bits per heavy atom. The van der Waals surface area contributed by atoms with Crippen molar-refractivity contribution < 1.29 is 22.7 Å². The minimum Gasteiger partial charge on any atom is -0.449 e. The van der Waals surface area contributed by atoms with E-state index in [1.54, 1.807) is 32.0 Å². The molecule has 1 unspecified atom stereocenters. The molecule has 0 spiro atoms. The molecule has 0 aliphatic rings. The number of para-hydroxylation sites is 1. The van der Waals surface area contributed by atoms with E-state index in [1.807, 2.05) is 0 Å². The van der Waals surface area contributed by atoms with Crippen LogP contribution in [0.25, 0.3) is 11.0 Å². The van der Waals surface area contributed by atoms with Gasteiger partial charge in [-0.2, -0.15) is 0 Å². The molecule has 0 aliphatic heterocycles. The number of anilines is 2. The van der Waals surface area contributed by atoms with E-state index in [2.05, 4.69) is 30.2 Å². The van der Waals surface area contributed by atoms with E-state index in [1.165, 1.54) is 36.7 Å². The molecule has 180 valence electrons. The Bertz CT molecular complexity index is 1480. The average molecular weight is 513 g/mol. The maximum atomic E-state index is 12.7. The van der Waals surface area contributed by atoms with Crippen LogP contribution in [0.2, 0.25) is 0 Å². The number of fused-ring (bicyclic) bond motifs is 1. The fourth-order valence-corrected chi connectivity index (χ4v) is 4.95. The van der Waals surface area contributed by atoms with Crippen molar-refractivity contribution in [2.75, 3.05) is 10.0 Å². The van der Waals surface area contributed by atoms with Crippen LogP contribution in [0.1, 0.15) is 28.7 Å². The fourth-order valence-electron chi connectivity index (χ4n) is 3.12. The number of ether oxygens (including phenoxy) is 1. The maximum Gasteiger partial charge on any atom is 0.341 e. The van der Waals surface area contributed by atoms with Gasteiger partial charge in [0.1, 0.15) is 10.5 Å². The molecule has 2 aromatic carbocycles. The number of aryl methyl sites for hydroxylation is 1. The van der Waals surface area contributed by atoms with Crippen molar-refractivity contribution in [1.82, 2.24) is 20.2 Å². The standard InChI is InChI=1S/C22H20N6O5S2/c1-3-18(33-21(30)16-5-4-6-17-19(16)24-12-11-23-17)20(29)25-14-7-9-15(10-8-14)35(31,32)28-22-27-26-13(2)34-22/h4-12,18H,3H2,1-2H3,(H,25,29)(H,27,28). The number of hydrogen-bond acceptors (Lipinski definition) is 10. The van der Waals surface area contributed by atoms with Gasteiger partial charge in [0, 0.05) is 18.1 Å². The summed E-state index contributed by atoms with van der Waals surface area (Å²) >= 11 is 1.11. The number of benzene rings is 2. The first-order chi connectivity index (χ1) is 16.8. The SMILES string of the molecule is CCC(OC(=O)c1cccc2nccnc12)C(=O)Nc1ccc(S(=O)(=O)Nc2nnc(C)s2)cc1. The van der Waals surface area contributed by atoms with Crippen LogP contribution in [0.15, 0.2) is 59.8 Å². The molecule has 1 atom stereocenters. The molecule has 13 heteroatoms. The first kappa shape index (κ1) is 24.2. The highest BCUT2D eigenvalue weighted by molar-refractivity contribution is 7.93. The molecule has 0 fully saturated rings. The predicted molar refractivity (Wildman–Crippen MR) is 130 cm³/mol. The summed E-state index contributed by atoms with van der Waals surface area (Å²) in [5.74, 6) is -1.25. The summed E-state index contributed by atoms with van der Waals surface area (Å²) in [5.41, 5.74) is 1.45. The highest BCUT2D eigenvalue weighted by Gasteiger charge is 2.24. The molecule has 0 saturated heterocycles. The van der Waals surface area contributed by atoms with Gasteiger partial charge in [0.2, 0.25) is 5.13 Å². The van der Waals surface area contributed by atoms with Crippen molar-refractivity contribution >= 4 is 55.1 Å².